The Kier molecular flexibility index (Phi) is 3.08. The van der Waals surface area contributed by atoms with Gasteiger partial charge in [-0.15, -0.1) is 0 Å². The van der Waals surface area contributed by atoms with E-state index in [9.17, 15) is 0 Å². The van der Waals surface area contributed by atoms with E-state index in [1.807, 2.05) is 0 Å². The quantitative estimate of drug-likeness (QED) is 0.632. The normalized spacial score (nSPS) is 38.8. The van der Waals surface area contributed by atoms with Crippen LogP contribution in [0.1, 0.15) is 32.1 Å². The minimum atomic E-state index is 0.806. The molecule has 70 valence electrons. The Morgan fingerprint density at radius 2 is 1.75 bits per heavy atom. The number of ether oxygens (including phenoxy) is 1. The van der Waals surface area contributed by atoms with Crippen molar-refractivity contribution in [2.75, 3.05) is 13.2 Å². The Labute approximate surface area is 83.0 Å². The Morgan fingerprint density at radius 3 is 2.33 bits per heavy atom. The highest BCUT2D eigenvalue weighted by Crippen LogP contribution is 2.40. The first kappa shape index (κ1) is 9.01. The van der Waals surface area contributed by atoms with Crippen molar-refractivity contribution in [3.05, 3.63) is 0 Å². The van der Waals surface area contributed by atoms with Crippen molar-refractivity contribution in [3.63, 3.8) is 0 Å². The van der Waals surface area contributed by atoms with Gasteiger partial charge < -0.3 is 4.74 Å². The summed E-state index contributed by atoms with van der Waals surface area (Å²) in [6.45, 7) is 2.00. The second-order valence-electron chi connectivity index (χ2n) is 4.06. The molecular formula is C10H17BrO. The molecule has 2 rings (SSSR count). The van der Waals surface area contributed by atoms with Crippen LogP contribution in [-0.4, -0.2) is 18.0 Å². The molecule has 1 nitrogen and oxygen atoms in total. The third-order valence-electron chi connectivity index (χ3n) is 3.35. The summed E-state index contributed by atoms with van der Waals surface area (Å²) in [6, 6.07) is 0. The van der Waals surface area contributed by atoms with E-state index in [0.29, 0.717) is 0 Å². The van der Waals surface area contributed by atoms with Crippen molar-refractivity contribution in [1.82, 2.24) is 0 Å². The molecule has 2 unspecified atom stereocenters. The van der Waals surface area contributed by atoms with Gasteiger partial charge in [0.25, 0.3) is 0 Å². The fourth-order valence-electron chi connectivity index (χ4n) is 2.62. The molecule has 1 aliphatic heterocycles. The van der Waals surface area contributed by atoms with E-state index in [0.717, 1.165) is 29.9 Å². The number of alkyl halides is 1. The zero-order valence-electron chi connectivity index (χ0n) is 7.47. The van der Waals surface area contributed by atoms with Gasteiger partial charge >= 0.3 is 0 Å². The molecule has 0 N–H and O–H groups in total. The Bertz CT molecular complexity index is 143. The predicted molar refractivity (Wildman–Crippen MR) is 53.6 cm³/mol. The SMILES string of the molecule is BrC1CCCC1C1CCOCC1. The van der Waals surface area contributed by atoms with E-state index in [2.05, 4.69) is 15.9 Å². The van der Waals surface area contributed by atoms with Crippen LogP contribution in [0.5, 0.6) is 0 Å². The number of hydrogen-bond acceptors (Lipinski definition) is 1. The van der Waals surface area contributed by atoms with Crippen LogP contribution in [0.15, 0.2) is 0 Å². The summed E-state index contributed by atoms with van der Waals surface area (Å²) in [4.78, 5) is 0.806. The highest BCUT2D eigenvalue weighted by molar-refractivity contribution is 9.09. The minimum absolute atomic E-state index is 0.806. The van der Waals surface area contributed by atoms with Gasteiger partial charge in [0.2, 0.25) is 0 Å². The monoisotopic (exact) mass is 232 g/mol. The van der Waals surface area contributed by atoms with Crippen LogP contribution in [0.3, 0.4) is 0 Å². The largest absolute Gasteiger partial charge is 0.381 e. The van der Waals surface area contributed by atoms with E-state index >= 15 is 0 Å². The standard InChI is InChI=1S/C10H17BrO/c11-10-3-1-2-9(10)8-4-6-12-7-5-8/h8-10H,1-7H2. The first-order valence-corrected chi connectivity index (χ1v) is 6.01. The molecule has 0 aromatic heterocycles. The van der Waals surface area contributed by atoms with Crippen LogP contribution in [0.25, 0.3) is 0 Å². The highest BCUT2D eigenvalue weighted by atomic mass is 79.9. The molecule has 1 heterocycles. The molecule has 0 amide bonds. The van der Waals surface area contributed by atoms with Gasteiger partial charge in [0.1, 0.15) is 0 Å². The van der Waals surface area contributed by atoms with Gasteiger partial charge in [0.15, 0.2) is 0 Å². The Hall–Kier alpha value is 0.440. The molecule has 2 aliphatic rings. The van der Waals surface area contributed by atoms with Gasteiger partial charge in [-0.1, -0.05) is 22.4 Å². The molecule has 12 heavy (non-hydrogen) atoms. The van der Waals surface area contributed by atoms with E-state index in [1.165, 1.54) is 32.1 Å². The average molecular weight is 233 g/mol. The van der Waals surface area contributed by atoms with Crippen LogP contribution in [0.2, 0.25) is 0 Å². The maximum absolute atomic E-state index is 5.38. The second-order valence-corrected chi connectivity index (χ2v) is 5.24. The number of rotatable bonds is 1. The third-order valence-corrected chi connectivity index (χ3v) is 4.49. The summed E-state index contributed by atoms with van der Waals surface area (Å²) in [5, 5.41) is 0. The van der Waals surface area contributed by atoms with Crippen LogP contribution in [0.4, 0.5) is 0 Å². The topological polar surface area (TPSA) is 9.23 Å². The molecule has 0 bridgehead atoms. The molecule has 0 aromatic carbocycles. The van der Waals surface area contributed by atoms with Gasteiger partial charge in [0.05, 0.1) is 0 Å². The van der Waals surface area contributed by atoms with Crippen molar-refractivity contribution in [3.8, 4) is 0 Å². The van der Waals surface area contributed by atoms with E-state index < -0.39 is 0 Å². The molecule has 1 saturated carbocycles. The van der Waals surface area contributed by atoms with E-state index in [-0.39, 0.29) is 0 Å². The zero-order chi connectivity index (χ0) is 8.39. The van der Waals surface area contributed by atoms with Crippen molar-refractivity contribution < 1.29 is 4.74 Å². The molecular weight excluding hydrogens is 216 g/mol. The molecule has 2 atom stereocenters. The van der Waals surface area contributed by atoms with Crippen molar-refractivity contribution in [1.29, 1.82) is 0 Å². The van der Waals surface area contributed by atoms with E-state index in [1.54, 1.807) is 0 Å². The average Bonchev–Trinajstić information content (AvgIpc) is 2.53. The maximum atomic E-state index is 5.38. The summed E-state index contributed by atoms with van der Waals surface area (Å²) >= 11 is 3.80. The lowest BCUT2D eigenvalue weighted by Gasteiger charge is -2.29. The Morgan fingerprint density at radius 1 is 1.00 bits per heavy atom. The predicted octanol–water partition coefficient (Wildman–Crippen LogP) is 2.98. The van der Waals surface area contributed by atoms with Gasteiger partial charge in [-0.05, 0) is 37.5 Å². The van der Waals surface area contributed by atoms with Crippen molar-refractivity contribution in [2.45, 2.75) is 36.9 Å². The smallest absolute Gasteiger partial charge is 0.0468 e. The van der Waals surface area contributed by atoms with Crippen LogP contribution in [-0.2, 0) is 4.74 Å². The lowest BCUT2D eigenvalue weighted by molar-refractivity contribution is 0.0487. The third kappa shape index (κ3) is 1.85. The van der Waals surface area contributed by atoms with Crippen molar-refractivity contribution in [2.24, 2.45) is 11.8 Å². The molecule has 1 saturated heterocycles. The maximum Gasteiger partial charge on any atom is 0.0468 e. The highest BCUT2D eigenvalue weighted by Gasteiger charge is 2.32. The van der Waals surface area contributed by atoms with E-state index in [4.69, 9.17) is 4.74 Å². The summed E-state index contributed by atoms with van der Waals surface area (Å²) in [6.07, 6.45) is 6.86. The number of halogens is 1. The summed E-state index contributed by atoms with van der Waals surface area (Å²) in [7, 11) is 0. The fraction of sp³-hybridized carbons (Fsp3) is 1.00. The van der Waals surface area contributed by atoms with Gasteiger partial charge in [-0.2, -0.15) is 0 Å². The van der Waals surface area contributed by atoms with Crippen molar-refractivity contribution >= 4 is 15.9 Å². The molecule has 0 spiro atoms. The summed E-state index contributed by atoms with van der Waals surface area (Å²) in [5.41, 5.74) is 0. The molecule has 1 aliphatic carbocycles. The van der Waals surface area contributed by atoms with Crippen LogP contribution >= 0.6 is 15.9 Å². The first-order chi connectivity index (χ1) is 5.88. The van der Waals surface area contributed by atoms with Gasteiger partial charge in [-0.25, -0.2) is 0 Å². The second kappa shape index (κ2) is 4.10. The fourth-order valence-corrected chi connectivity index (χ4v) is 3.64. The molecule has 0 radical (unpaired) electrons. The van der Waals surface area contributed by atoms with Crippen LogP contribution < -0.4 is 0 Å². The van der Waals surface area contributed by atoms with Crippen LogP contribution in [0, 0.1) is 11.8 Å². The molecule has 2 heteroatoms. The lowest BCUT2D eigenvalue weighted by atomic mass is 9.85. The molecule has 0 aromatic rings. The summed E-state index contributed by atoms with van der Waals surface area (Å²) < 4.78 is 5.38. The number of hydrogen-bond donors (Lipinski definition) is 0. The van der Waals surface area contributed by atoms with Gasteiger partial charge in [-0.3, -0.25) is 0 Å². The molecule has 2 fully saturated rings. The Balaban J connectivity index is 1.89. The minimum Gasteiger partial charge on any atom is -0.381 e. The lowest BCUT2D eigenvalue weighted by Crippen LogP contribution is -2.25. The zero-order valence-corrected chi connectivity index (χ0v) is 9.05. The summed E-state index contributed by atoms with van der Waals surface area (Å²) in [5.74, 6) is 1.90. The van der Waals surface area contributed by atoms with Gasteiger partial charge in [0, 0.05) is 18.0 Å². The first-order valence-electron chi connectivity index (χ1n) is 5.10.